The van der Waals surface area contributed by atoms with Gasteiger partial charge in [-0.25, -0.2) is 4.79 Å². The van der Waals surface area contributed by atoms with Crippen molar-refractivity contribution in [3.05, 3.63) is 106 Å². The second-order valence-electron chi connectivity index (χ2n) is 15.0. The van der Waals surface area contributed by atoms with E-state index in [9.17, 15) is 19.2 Å². The van der Waals surface area contributed by atoms with Crippen LogP contribution in [0.5, 0.6) is 5.75 Å². The van der Waals surface area contributed by atoms with E-state index in [4.69, 9.17) is 21.1 Å². The molecule has 2 amide bonds. The summed E-state index contributed by atoms with van der Waals surface area (Å²) >= 11 is 6.37. The van der Waals surface area contributed by atoms with Crippen molar-refractivity contribution >= 4 is 35.2 Å². The highest BCUT2D eigenvalue weighted by atomic mass is 35.5. The highest BCUT2D eigenvalue weighted by Crippen LogP contribution is 2.38. The number of nitrogens with one attached hydrogen (secondary N) is 1. The number of piperazine rings is 1. The molecular weight excluding hydrogens is 700 g/mol. The van der Waals surface area contributed by atoms with Gasteiger partial charge in [0.1, 0.15) is 23.8 Å². The number of carbonyl (C=O) groups excluding carboxylic acids is 3. The third kappa shape index (κ3) is 8.49. The maximum absolute atomic E-state index is 14.3. The molecule has 1 N–H and O–H groups in total. The highest BCUT2D eigenvalue weighted by molar-refractivity contribution is 6.41. The maximum atomic E-state index is 14.3. The summed E-state index contributed by atoms with van der Waals surface area (Å²) in [7, 11) is 0. The Hall–Kier alpha value is -5.76. The van der Waals surface area contributed by atoms with Gasteiger partial charge >= 0.3 is 17.9 Å². The fourth-order valence-electron chi connectivity index (χ4n) is 6.32. The minimum absolute atomic E-state index is 0.174. The van der Waals surface area contributed by atoms with Crippen molar-refractivity contribution in [3.8, 4) is 22.7 Å². The van der Waals surface area contributed by atoms with Crippen molar-refractivity contribution in [1.82, 2.24) is 34.9 Å². The molecule has 0 radical (unpaired) electrons. The van der Waals surface area contributed by atoms with Crippen molar-refractivity contribution in [2.24, 2.45) is 5.41 Å². The van der Waals surface area contributed by atoms with Crippen molar-refractivity contribution in [2.75, 3.05) is 18.0 Å². The van der Waals surface area contributed by atoms with Gasteiger partial charge in [-0.15, -0.1) is 5.10 Å². The van der Waals surface area contributed by atoms with Gasteiger partial charge in [0, 0.05) is 29.7 Å². The van der Waals surface area contributed by atoms with E-state index in [1.165, 1.54) is 22.0 Å². The van der Waals surface area contributed by atoms with Crippen LogP contribution < -0.4 is 15.2 Å². The predicted molar refractivity (Wildman–Crippen MR) is 198 cm³/mol. The van der Waals surface area contributed by atoms with Crippen LogP contribution in [0.25, 0.3) is 16.9 Å². The van der Waals surface area contributed by atoms with Crippen LogP contribution >= 0.6 is 11.6 Å². The Bertz CT molecular complexity index is 2170. The molecule has 2 atom stereocenters. The van der Waals surface area contributed by atoms with Gasteiger partial charge in [0.15, 0.2) is 0 Å². The van der Waals surface area contributed by atoms with Crippen LogP contribution in [-0.4, -0.2) is 77.5 Å². The molecule has 276 valence electrons. The monoisotopic (exact) mass is 740 g/mol. The Balaban J connectivity index is 1.36. The van der Waals surface area contributed by atoms with Gasteiger partial charge in [-0.2, -0.15) is 9.36 Å². The average molecular weight is 741 g/mol. The summed E-state index contributed by atoms with van der Waals surface area (Å²) in [5.41, 5.74) is 0.927. The molecule has 1 fully saturated rings. The molecule has 0 spiro atoms. The van der Waals surface area contributed by atoms with E-state index in [2.05, 4.69) is 41.4 Å². The van der Waals surface area contributed by atoms with E-state index in [0.29, 0.717) is 34.1 Å². The molecule has 3 aromatic carbocycles. The first-order valence-electron chi connectivity index (χ1n) is 17.1. The van der Waals surface area contributed by atoms with E-state index in [-0.39, 0.29) is 24.2 Å². The zero-order valence-corrected chi connectivity index (χ0v) is 31.1. The minimum Gasteiger partial charge on any atom is -0.484 e. The minimum atomic E-state index is -0.791. The SMILES string of the molecule is CC(C)(C)CC(C(Oc1cccc(-c2cc(=O)[nH]n2C(=O)OC(C)(C)C)c1)c1ccccc1)N1CCN(c2cc(Cl)ccc2-n2cnnn2)C(=O)C1=O. The lowest BCUT2D eigenvalue weighted by Gasteiger charge is -2.43. The smallest absolute Gasteiger partial charge is 0.434 e. The summed E-state index contributed by atoms with van der Waals surface area (Å²) in [6, 6.07) is 22.2. The Morgan fingerprint density at radius 2 is 1.64 bits per heavy atom. The lowest BCUT2D eigenvalue weighted by atomic mass is 9.83. The molecule has 2 aromatic heterocycles. The van der Waals surface area contributed by atoms with Gasteiger partial charge in [0.05, 0.1) is 23.1 Å². The van der Waals surface area contributed by atoms with Crippen LogP contribution in [0.3, 0.4) is 0 Å². The molecule has 0 bridgehead atoms. The number of nitrogens with zero attached hydrogens (tertiary/aromatic N) is 7. The van der Waals surface area contributed by atoms with Crippen LogP contribution in [0.2, 0.25) is 5.02 Å². The second kappa shape index (κ2) is 14.7. The van der Waals surface area contributed by atoms with Crippen LogP contribution in [0.1, 0.15) is 59.6 Å². The predicted octanol–water partition coefficient (Wildman–Crippen LogP) is 6.06. The number of hydrogen-bond donors (Lipinski definition) is 1. The van der Waals surface area contributed by atoms with Crippen LogP contribution in [0.15, 0.2) is 90.0 Å². The summed E-state index contributed by atoms with van der Waals surface area (Å²) in [4.78, 5) is 56.8. The summed E-state index contributed by atoms with van der Waals surface area (Å²) in [6.45, 7) is 11.8. The third-order valence-corrected chi connectivity index (χ3v) is 8.71. The molecular formula is C38H41ClN8O6. The van der Waals surface area contributed by atoms with E-state index in [0.717, 1.165) is 10.2 Å². The topological polar surface area (TPSA) is 158 Å². The molecule has 1 saturated heterocycles. The molecule has 0 saturated carbocycles. The van der Waals surface area contributed by atoms with E-state index in [1.807, 2.05) is 30.3 Å². The Morgan fingerprint density at radius 3 is 2.32 bits per heavy atom. The van der Waals surface area contributed by atoms with E-state index in [1.54, 1.807) is 68.1 Å². The highest BCUT2D eigenvalue weighted by Gasteiger charge is 2.43. The number of H-pyrrole nitrogens is 1. The van der Waals surface area contributed by atoms with Crippen molar-refractivity contribution < 1.29 is 23.9 Å². The molecule has 53 heavy (non-hydrogen) atoms. The second-order valence-corrected chi connectivity index (χ2v) is 15.4. The van der Waals surface area contributed by atoms with Gasteiger partial charge in [-0.1, -0.05) is 74.8 Å². The van der Waals surface area contributed by atoms with E-state index >= 15 is 0 Å². The number of aromatic nitrogens is 6. The molecule has 2 unspecified atom stereocenters. The number of halogens is 1. The average Bonchev–Trinajstić information content (AvgIpc) is 3.77. The van der Waals surface area contributed by atoms with Crippen molar-refractivity contribution in [2.45, 2.75) is 65.7 Å². The van der Waals surface area contributed by atoms with Gasteiger partial charge in [-0.3, -0.25) is 19.5 Å². The van der Waals surface area contributed by atoms with Crippen LogP contribution in [0.4, 0.5) is 10.5 Å². The third-order valence-electron chi connectivity index (χ3n) is 8.48. The number of amides is 2. The van der Waals surface area contributed by atoms with Gasteiger partial charge < -0.3 is 19.3 Å². The molecule has 3 heterocycles. The molecule has 15 heteroatoms. The Labute approximate surface area is 311 Å². The number of rotatable bonds is 9. The van der Waals surface area contributed by atoms with Crippen molar-refractivity contribution in [1.29, 1.82) is 0 Å². The largest absolute Gasteiger partial charge is 0.484 e. The number of ether oxygens (including phenoxy) is 2. The zero-order valence-electron chi connectivity index (χ0n) is 30.3. The Morgan fingerprint density at radius 1 is 0.887 bits per heavy atom. The van der Waals surface area contributed by atoms with Gasteiger partial charge in [-0.05, 0) is 78.9 Å². The number of hydrogen-bond acceptors (Lipinski definition) is 9. The van der Waals surface area contributed by atoms with Crippen LogP contribution in [0, 0.1) is 5.41 Å². The molecule has 1 aliphatic rings. The summed E-state index contributed by atoms with van der Waals surface area (Å²) in [5.74, 6) is -1.00. The molecule has 6 rings (SSSR count). The quantitative estimate of drug-likeness (QED) is 0.178. The summed E-state index contributed by atoms with van der Waals surface area (Å²) < 4.78 is 14.8. The lowest BCUT2D eigenvalue weighted by Crippen LogP contribution is -2.59. The molecule has 5 aromatic rings. The number of carbonyl (C=O) groups is 3. The van der Waals surface area contributed by atoms with Crippen molar-refractivity contribution in [3.63, 3.8) is 0 Å². The number of tetrazole rings is 1. The number of anilines is 1. The molecule has 0 aliphatic carbocycles. The number of aromatic amines is 1. The molecule has 1 aliphatic heterocycles. The maximum Gasteiger partial charge on any atom is 0.434 e. The first-order valence-corrected chi connectivity index (χ1v) is 17.5. The normalized spacial score (nSPS) is 15.0. The first-order chi connectivity index (χ1) is 25.1. The standard InChI is InChI=1S/C38H41ClN8O6/c1-37(2,3)22-31(45-18-17-44(34(49)35(45)50)30-20-26(39)15-16-28(30)46-23-40-42-43-46)33(24-11-8-7-9-12-24)52-27-14-10-13-25(19-27)29-21-32(48)41-47(29)36(51)53-38(4,5)6/h7-16,19-21,23,31,33H,17-18,22H2,1-6H3,(H,41,48). The fourth-order valence-corrected chi connectivity index (χ4v) is 6.49. The summed E-state index contributed by atoms with van der Waals surface area (Å²) in [6.07, 6.45) is 0.418. The summed E-state index contributed by atoms with van der Waals surface area (Å²) in [5, 5.41) is 14.3. The molecule has 14 nitrogen and oxygen atoms in total. The first kappa shape index (κ1) is 37.0. The van der Waals surface area contributed by atoms with E-state index < -0.39 is 41.2 Å². The van der Waals surface area contributed by atoms with Crippen LogP contribution in [-0.2, 0) is 14.3 Å². The van der Waals surface area contributed by atoms with Gasteiger partial charge in [0.25, 0.3) is 5.56 Å². The zero-order chi connectivity index (χ0) is 38.1. The van der Waals surface area contributed by atoms with Gasteiger partial charge in [0.2, 0.25) is 0 Å². The Kier molecular flexibility index (Phi) is 10.3. The lowest BCUT2D eigenvalue weighted by molar-refractivity contribution is -0.150. The fraction of sp³-hybridized carbons (Fsp3) is 0.342. The number of benzene rings is 3.